The SMILES string of the molecule is O=c1[nH]c(Cc2cccs2)nc2c1CCCCC2. The van der Waals surface area contributed by atoms with Crippen LogP contribution in [0.3, 0.4) is 0 Å². The van der Waals surface area contributed by atoms with Gasteiger partial charge in [-0.2, -0.15) is 0 Å². The number of thiophene rings is 1. The van der Waals surface area contributed by atoms with Gasteiger partial charge < -0.3 is 4.98 Å². The molecule has 0 spiro atoms. The molecule has 2 aromatic heterocycles. The molecule has 0 radical (unpaired) electrons. The molecule has 3 nitrogen and oxygen atoms in total. The summed E-state index contributed by atoms with van der Waals surface area (Å²) in [6.07, 6.45) is 6.05. The van der Waals surface area contributed by atoms with E-state index in [2.05, 4.69) is 21.4 Å². The summed E-state index contributed by atoms with van der Waals surface area (Å²) in [6.45, 7) is 0. The number of H-pyrrole nitrogens is 1. The summed E-state index contributed by atoms with van der Waals surface area (Å²) in [6, 6.07) is 4.11. The van der Waals surface area contributed by atoms with Crippen LogP contribution in [0.4, 0.5) is 0 Å². The molecule has 0 bridgehead atoms. The molecule has 0 saturated heterocycles. The zero-order valence-corrected chi connectivity index (χ0v) is 11.1. The van der Waals surface area contributed by atoms with Crippen molar-refractivity contribution in [3.05, 3.63) is 49.8 Å². The smallest absolute Gasteiger partial charge is 0.254 e. The lowest BCUT2D eigenvalue weighted by atomic mass is 10.1. The fraction of sp³-hybridized carbons (Fsp3) is 0.429. The number of nitrogens with one attached hydrogen (secondary N) is 1. The summed E-state index contributed by atoms with van der Waals surface area (Å²) < 4.78 is 0. The molecule has 4 heteroatoms. The number of hydrogen-bond acceptors (Lipinski definition) is 3. The number of hydrogen-bond donors (Lipinski definition) is 1. The fourth-order valence-corrected chi connectivity index (χ4v) is 3.20. The summed E-state index contributed by atoms with van der Waals surface area (Å²) >= 11 is 1.70. The van der Waals surface area contributed by atoms with Crippen molar-refractivity contribution in [2.75, 3.05) is 0 Å². The first-order valence-electron chi connectivity index (χ1n) is 6.46. The lowest BCUT2D eigenvalue weighted by Gasteiger charge is -2.06. The van der Waals surface area contributed by atoms with E-state index in [0.717, 1.165) is 49.2 Å². The summed E-state index contributed by atoms with van der Waals surface area (Å²) in [7, 11) is 0. The van der Waals surface area contributed by atoms with Gasteiger partial charge in [-0.3, -0.25) is 4.79 Å². The van der Waals surface area contributed by atoms with Crippen LogP contribution in [-0.2, 0) is 19.3 Å². The van der Waals surface area contributed by atoms with Crippen LogP contribution in [0.1, 0.15) is 41.2 Å². The van der Waals surface area contributed by atoms with Gasteiger partial charge in [0.1, 0.15) is 5.82 Å². The second-order valence-corrected chi connectivity index (χ2v) is 5.79. The van der Waals surface area contributed by atoms with Gasteiger partial charge >= 0.3 is 0 Å². The first-order chi connectivity index (χ1) is 8.83. The predicted octanol–water partition coefficient (Wildman–Crippen LogP) is 2.69. The lowest BCUT2D eigenvalue weighted by molar-refractivity contribution is 0.708. The minimum Gasteiger partial charge on any atom is -0.310 e. The van der Waals surface area contributed by atoms with Gasteiger partial charge in [0.2, 0.25) is 0 Å². The van der Waals surface area contributed by atoms with Crippen molar-refractivity contribution in [3.63, 3.8) is 0 Å². The van der Waals surface area contributed by atoms with Gasteiger partial charge in [0.15, 0.2) is 0 Å². The molecule has 3 rings (SSSR count). The largest absolute Gasteiger partial charge is 0.310 e. The molecular formula is C14H16N2OS. The topological polar surface area (TPSA) is 45.8 Å². The molecule has 0 saturated carbocycles. The quantitative estimate of drug-likeness (QED) is 0.844. The van der Waals surface area contributed by atoms with Crippen molar-refractivity contribution in [2.45, 2.75) is 38.5 Å². The minimum absolute atomic E-state index is 0.0773. The van der Waals surface area contributed by atoms with Crippen LogP contribution >= 0.6 is 11.3 Å². The molecule has 0 fully saturated rings. The Bertz CT molecular complexity index is 586. The molecule has 1 aliphatic rings. The van der Waals surface area contributed by atoms with E-state index >= 15 is 0 Å². The summed E-state index contributed by atoms with van der Waals surface area (Å²) in [4.78, 5) is 20.9. The van der Waals surface area contributed by atoms with Gasteiger partial charge in [-0.15, -0.1) is 11.3 Å². The number of nitrogens with zero attached hydrogens (tertiary/aromatic N) is 1. The molecule has 0 aromatic carbocycles. The maximum absolute atomic E-state index is 12.1. The van der Waals surface area contributed by atoms with E-state index in [1.807, 2.05) is 6.07 Å². The van der Waals surface area contributed by atoms with Gasteiger partial charge in [0, 0.05) is 16.9 Å². The molecule has 18 heavy (non-hydrogen) atoms. The van der Waals surface area contributed by atoms with Gasteiger partial charge in [-0.1, -0.05) is 12.5 Å². The van der Waals surface area contributed by atoms with E-state index in [1.165, 1.54) is 11.3 Å². The van der Waals surface area contributed by atoms with Crippen molar-refractivity contribution in [2.24, 2.45) is 0 Å². The number of aryl methyl sites for hydroxylation is 1. The molecule has 2 aromatic rings. The highest BCUT2D eigenvalue weighted by molar-refractivity contribution is 7.09. The van der Waals surface area contributed by atoms with E-state index in [0.29, 0.717) is 0 Å². The molecule has 1 N–H and O–H groups in total. The van der Waals surface area contributed by atoms with Crippen LogP contribution in [0.25, 0.3) is 0 Å². The number of rotatable bonds is 2. The molecule has 2 heterocycles. The van der Waals surface area contributed by atoms with E-state index in [-0.39, 0.29) is 5.56 Å². The average Bonchev–Trinajstić information content (AvgIpc) is 2.73. The van der Waals surface area contributed by atoms with Crippen molar-refractivity contribution in [1.82, 2.24) is 9.97 Å². The highest BCUT2D eigenvalue weighted by Crippen LogP contribution is 2.17. The van der Waals surface area contributed by atoms with E-state index in [9.17, 15) is 4.79 Å². The molecule has 0 aliphatic heterocycles. The Balaban J connectivity index is 1.95. The first-order valence-corrected chi connectivity index (χ1v) is 7.34. The fourth-order valence-electron chi connectivity index (χ4n) is 2.49. The van der Waals surface area contributed by atoms with E-state index in [4.69, 9.17) is 0 Å². The molecule has 0 amide bonds. The van der Waals surface area contributed by atoms with Gasteiger partial charge in [-0.05, 0) is 37.1 Å². The highest BCUT2D eigenvalue weighted by Gasteiger charge is 2.14. The van der Waals surface area contributed by atoms with Crippen molar-refractivity contribution >= 4 is 11.3 Å². The maximum atomic E-state index is 12.1. The second-order valence-electron chi connectivity index (χ2n) is 4.75. The third-order valence-corrected chi connectivity index (χ3v) is 4.29. The summed E-state index contributed by atoms with van der Waals surface area (Å²) in [5, 5.41) is 2.05. The molecule has 1 aliphatic carbocycles. The minimum atomic E-state index is 0.0773. The lowest BCUT2D eigenvalue weighted by Crippen LogP contribution is -2.19. The predicted molar refractivity (Wildman–Crippen MR) is 73.2 cm³/mol. The standard InChI is InChI=1S/C14H16N2OS/c17-14-11-6-2-1-3-7-12(11)15-13(16-14)9-10-5-4-8-18-10/h4-5,8H,1-3,6-7,9H2,(H,15,16,17). The highest BCUT2D eigenvalue weighted by atomic mass is 32.1. The van der Waals surface area contributed by atoms with Crippen LogP contribution in [0, 0.1) is 0 Å². The Hall–Kier alpha value is -1.42. The zero-order valence-electron chi connectivity index (χ0n) is 10.2. The van der Waals surface area contributed by atoms with Gasteiger partial charge in [0.05, 0.1) is 5.69 Å². The van der Waals surface area contributed by atoms with Crippen LogP contribution < -0.4 is 5.56 Å². The van der Waals surface area contributed by atoms with E-state index < -0.39 is 0 Å². The Morgan fingerprint density at radius 2 is 2.17 bits per heavy atom. The Labute approximate surface area is 110 Å². The molecular weight excluding hydrogens is 244 g/mol. The van der Waals surface area contributed by atoms with E-state index in [1.54, 1.807) is 11.3 Å². The molecule has 0 unspecified atom stereocenters. The maximum Gasteiger partial charge on any atom is 0.254 e. The Morgan fingerprint density at radius 1 is 1.28 bits per heavy atom. The Kier molecular flexibility index (Phi) is 3.28. The van der Waals surface area contributed by atoms with Gasteiger partial charge in [0.25, 0.3) is 5.56 Å². The average molecular weight is 260 g/mol. The third-order valence-electron chi connectivity index (χ3n) is 3.41. The summed E-state index contributed by atoms with van der Waals surface area (Å²) in [5.41, 5.74) is 2.03. The number of aromatic amines is 1. The van der Waals surface area contributed by atoms with Crippen LogP contribution in [0.5, 0.6) is 0 Å². The summed E-state index contributed by atoms with van der Waals surface area (Å²) in [5.74, 6) is 0.808. The van der Waals surface area contributed by atoms with Crippen molar-refractivity contribution in [3.8, 4) is 0 Å². The van der Waals surface area contributed by atoms with Gasteiger partial charge in [-0.25, -0.2) is 4.98 Å². The Morgan fingerprint density at radius 3 is 3.00 bits per heavy atom. The monoisotopic (exact) mass is 260 g/mol. The van der Waals surface area contributed by atoms with Crippen molar-refractivity contribution < 1.29 is 0 Å². The first kappa shape index (κ1) is 11.7. The molecule has 94 valence electrons. The second kappa shape index (κ2) is 5.06. The van der Waals surface area contributed by atoms with Crippen molar-refractivity contribution in [1.29, 1.82) is 0 Å². The van der Waals surface area contributed by atoms with Crippen LogP contribution in [-0.4, -0.2) is 9.97 Å². The zero-order chi connectivity index (χ0) is 12.4. The normalized spacial score (nSPS) is 15.1. The molecule has 0 atom stereocenters. The number of fused-ring (bicyclic) bond motifs is 1. The van der Waals surface area contributed by atoms with Crippen LogP contribution in [0.2, 0.25) is 0 Å². The number of aromatic nitrogens is 2. The third kappa shape index (κ3) is 2.38. The van der Waals surface area contributed by atoms with Crippen LogP contribution in [0.15, 0.2) is 22.3 Å².